The summed E-state index contributed by atoms with van der Waals surface area (Å²) in [6, 6.07) is 17.4. The van der Waals surface area contributed by atoms with Crippen LogP contribution in [-0.2, 0) is 20.1 Å². The van der Waals surface area contributed by atoms with E-state index in [1.807, 2.05) is 0 Å². The van der Waals surface area contributed by atoms with Crippen molar-refractivity contribution in [2.24, 2.45) is 0 Å². The summed E-state index contributed by atoms with van der Waals surface area (Å²) in [6.07, 6.45) is 9.63. The average molecular weight is 634 g/mol. The van der Waals surface area contributed by atoms with Gasteiger partial charge in [0, 0.05) is 0 Å². The first-order valence-corrected chi connectivity index (χ1v) is 22.8. The van der Waals surface area contributed by atoms with Crippen molar-refractivity contribution in [2.45, 2.75) is 66.4 Å². The van der Waals surface area contributed by atoms with Gasteiger partial charge in [-0.25, -0.2) is 0 Å². The molecule has 162 valence electrons. The third-order valence-electron chi connectivity index (χ3n) is 7.48. The van der Waals surface area contributed by atoms with E-state index >= 15 is 0 Å². The van der Waals surface area contributed by atoms with E-state index in [1.54, 1.807) is 45.5 Å². The molecule has 0 saturated carbocycles. The smallest absolute Gasteiger partial charge is 1.00 e. The van der Waals surface area contributed by atoms with Crippen LogP contribution in [0.25, 0.3) is 12.2 Å². The molecule has 5 rings (SSSR count). The summed E-state index contributed by atoms with van der Waals surface area (Å²) >= 11 is -2.08. The van der Waals surface area contributed by atoms with Crippen molar-refractivity contribution in [3.8, 4) is 0 Å². The van der Waals surface area contributed by atoms with E-state index in [4.69, 9.17) is 0 Å². The molecule has 31 heavy (non-hydrogen) atoms. The molecule has 4 heteroatoms. The van der Waals surface area contributed by atoms with Crippen LogP contribution in [0.15, 0.2) is 47.5 Å². The number of benzene rings is 2. The van der Waals surface area contributed by atoms with Gasteiger partial charge in [-0.3, -0.25) is 0 Å². The van der Waals surface area contributed by atoms with Crippen molar-refractivity contribution in [3.05, 3.63) is 80.9 Å². The zero-order valence-electron chi connectivity index (χ0n) is 19.1. The molecule has 0 spiro atoms. The molecule has 0 amide bonds. The maximum absolute atomic E-state index is 2.57. The van der Waals surface area contributed by atoms with Crippen LogP contribution in [0, 0.1) is 13.8 Å². The fourth-order valence-corrected chi connectivity index (χ4v) is 43.7. The Labute approximate surface area is 208 Å². The normalized spacial score (nSPS) is 21.1. The Morgan fingerprint density at radius 1 is 0.677 bits per heavy atom. The van der Waals surface area contributed by atoms with Crippen LogP contribution in [0.3, 0.4) is 0 Å². The number of fused-ring (bicyclic) bond motifs is 2. The van der Waals surface area contributed by atoms with Crippen LogP contribution in [0.2, 0.25) is 12.1 Å². The topological polar surface area (TPSA) is 0 Å². The number of aryl methyl sites for hydroxylation is 2. The van der Waals surface area contributed by atoms with Gasteiger partial charge in [0.25, 0.3) is 0 Å². The van der Waals surface area contributed by atoms with Crippen molar-refractivity contribution in [1.82, 2.24) is 0 Å². The molecule has 2 aliphatic carbocycles. The average Bonchev–Trinajstić information content (AvgIpc) is 3.23. The summed E-state index contributed by atoms with van der Waals surface area (Å²) in [6.45, 7) is 9.55. The van der Waals surface area contributed by atoms with Gasteiger partial charge < -0.3 is 24.8 Å². The minimum atomic E-state index is -2.08. The second-order valence-electron chi connectivity index (χ2n) is 9.42. The Morgan fingerprint density at radius 2 is 1.13 bits per heavy atom. The van der Waals surface area contributed by atoms with E-state index in [1.165, 1.54) is 30.4 Å². The summed E-state index contributed by atoms with van der Waals surface area (Å²) in [4.78, 5) is 0. The predicted octanol–water partition coefficient (Wildman–Crippen LogP) is 1.72. The van der Waals surface area contributed by atoms with Crippen molar-refractivity contribution in [1.29, 1.82) is 0 Å². The molecular formula is C27H32Cl2HfSi. The molecule has 2 aromatic rings. The van der Waals surface area contributed by atoms with Crippen molar-refractivity contribution in [2.75, 3.05) is 0 Å². The fraction of sp³-hybridized carbons (Fsp3) is 0.407. The van der Waals surface area contributed by atoms with Gasteiger partial charge >= 0.3 is 185 Å². The summed E-state index contributed by atoms with van der Waals surface area (Å²) < 4.78 is 1.64. The molecule has 0 radical (unpaired) electrons. The van der Waals surface area contributed by atoms with E-state index in [2.05, 4.69) is 76.2 Å². The first-order valence-electron chi connectivity index (χ1n) is 11.3. The zero-order valence-corrected chi connectivity index (χ0v) is 25.2. The molecule has 1 heterocycles. The van der Waals surface area contributed by atoms with Crippen LogP contribution in [0.1, 0.15) is 73.8 Å². The Kier molecular flexibility index (Phi) is 8.33. The molecule has 0 bridgehead atoms. The molecular weight excluding hydrogens is 602 g/mol. The van der Waals surface area contributed by atoms with E-state index in [0.29, 0.717) is 0 Å². The van der Waals surface area contributed by atoms with Crippen LogP contribution in [0.5, 0.6) is 0 Å². The zero-order chi connectivity index (χ0) is 20.1. The minimum absolute atomic E-state index is 0. The molecule has 1 fully saturated rings. The number of allylic oxidation sites excluding steroid dienone is 2. The van der Waals surface area contributed by atoms with E-state index in [9.17, 15) is 0 Å². The van der Waals surface area contributed by atoms with Crippen LogP contribution >= 0.6 is 0 Å². The largest absolute Gasteiger partial charge is 1.00 e. The maximum atomic E-state index is 2.57. The standard InChI is InChI=1S/2C11H11.C5H10Si.2ClH.Hf/c2*1-8-6-10-5-3-4-9(2)11(10)7-8;1-2-4-6-5-3-1;;;/h2*3-7H,1-2H3;1-5H2;2*1H;/q;;;;;+2/p-2. The summed E-state index contributed by atoms with van der Waals surface area (Å²) in [5.41, 5.74) is 12.7. The molecule has 1 saturated heterocycles. The molecule has 2 aromatic carbocycles. The van der Waals surface area contributed by atoms with Gasteiger partial charge in [0.15, 0.2) is 0 Å². The van der Waals surface area contributed by atoms with Crippen LogP contribution in [-0.4, -0.2) is 5.49 Å². The number of hydrogen-bond acceptors (Lipinski definition) is 0. The molecule has 0 N–H and O–H groups in total. The van der Waals surface area contributed by atoms with Gasteiger partial charge in [-0.15, -0.1) is 0 Å². The van der Waals surface area contributed by atoms with Crippen LogP contribution < -0.4 is 24.8 Å². The quantitative estimate of drug-likeness (QED) is 0.443. The van der Waals surface area contributed by atoms with Gasteiger partial charge in [-0.2, -0.15) is 0 Å². The van der Waals surface area contributed by atoms with Crippen molar-refractivity contribution >= 4 is 17.6 Å². The van der Waals surface area contributed by atoms with E-state index in [0.717, 1.165) is 7.35 Å². The fourth-order valence-electron chi connectivity index (χ4n) is 6.08. The first kappa shape index (κ1) is 25.2. The maximum Gasteiger partial charge on any atom is -1.00 e. The Morgan fingerprint density at radius 3 is 1.58 bits per heavy atom. The van der Waals surface area contributed by atoms with Crippen LogP contribution in [0.4, 0.5) is 0 Å². The van der Waals surface area contributed by atoms with Crippen molar-refractivity contribution in [3.63, 3.8) is 0 Å². The third kappa shape index (κ3) is 4.39. The Hall–Kier alpha value is -0.413. The molecule has 2 unspecified atom stereocenters. The summed E-state index contributed by atoms with van der Waals surface area (Å²) in [5.74, 6) is 0. The second kappa shape index (κ2) is 10.2. The van der Waals surface area contributed by atoms with Gasteiger partial charge in [0.2, 0.25) is 0 Å². The van der Waals surface area contributed by atoms with E-state index in [-0.39, 0.29) is 30.3 Å². The molecule has 0 aromatic heterocycles. The number of halogens is 2. The summed E-state index contributed by atoms with van der Waals surface area (Å²) in [5, 5.41) is 0. The van der Waals surface area contributed by atoms with Gasteiger partial charge in [-0.05, 0) is 0 Å². The SMILES string of the molecule is CC1=Cc2c(C)cccc2[CH]1[Hf+2]([CH]1C(C)=Cc2c(C)cccc21)=[Si]1CCCCC1.[Cl-].[Cl-]. The monoisotopic (exact) mass is 634 g/mol. The Balaban J connectivity index is 0.00000136. The Bertz CT molecular complexity index is 1010. The second-order valence-corrected chi connectivity index (χ2v) is 31.4. The third-order valence-corrected chi connectivity index (χ3v) is 39.1. The molecule has 3 aliphatic rings. The summed E-state index contributed by atoms with van der Waals surface area (Å²) in [7, 11) is 0. The van der Waals surface area contributed by atoms with Gasteiger partial charge in [-0.1, -0.05) is 0 Å². The molecule has 2 atom stereocenters. The predicted molar refractivity (Wildman–Crippen MR) is 124 cm³/mol. The van der Waals surface area contributed by atoms with Gasteiger partial charge in [0.05, 0.1) is 0 Å². The molecule has 1 aliphatic heterocycles. The first-order chi connectivity index (χ1) is 14.1. The van der Waals surface area contributed by atoms with Gasteiger partial charge in [0.1, 0.15) is 0 Å². The van der Waals surface area contributed by atoms with E-state index < -0.39 is 20.1 Å². The minimum Gasteiger partial charge on any atom is -1.00 e. The van der Waals surface area contributed by atoms with Crippen molar-refractivity contribution < 1.29 is 44.9 Å². The number of rotatable bonds is 2. The molecule has 0 nitrogen and oxygen atoms in total. The number of hydrogen-bond donors (Lipinski definition) is 0.